The van der Waals surface area contributed by atoms with E-state index < -0.39 is 0 Å². The molecule has 2 aromatic rings. The molecule has 0 amide bonds. The van der Waals surface area contributed by atoms with Crippen LogP contribution in [0.5, 0.6) is 0 Å². The fourth-order valence-corrected chi connectivity index (χ4v) is 2.08. The predicted octanol–water partition coefficient (Wildman–Crippen LogP) is 4.07. The largest absolute Gasteiger partial charge is 0.360 e. The third-order valence-corrected chi connectivity index (χ3v) is 3.64. The van der Waals surface area contributed by atoms with E-state index >= 15 is 0 Å². The molecule has 4 nitrogen and oxygen atoms in total. The predicted molar refractivity (Wildman–Crippen MR) is 89.4 cm³/mol. The monoisotopic (exact) mass is 284 g/mol. The van der Waals surface area contributed by atoms with Gasteiger partial charge in [0.15, 0.2) is 0 Å². The zero-order valence-corrected chi connectivity index (χ0v) is 13.3. The van der Waals surface area contributed by atoms with Crippen LogP contribution in [0, 0.1) is 13.8 Å². The second kappa shape index (κ2) is 7.07. The summed E-state index contributed by atoms with van der Waals surface area (Å²) in [5.74, 6) is 1.59. The molecule has 112 valence electrons. The van der Waals surface area contributed by atoms with Gasteiger partial charge in [0, 0.05) is 25.5 Å². The number of nitrogens with one attached hydrogen (secondary N) is 1. The quantitative estimate of drug-likeness (QED) is 0.868. The minimum Gasteiger partial charge on any atom is -0.360 e. The lowest BCUT2D eigenvalue weighted by Gasteiger charge is -2.18. The molecule has 0 atom stereocenters. The van der Waals surface area contributed by atoms with E-state index in [2.05, 4.69) is 66.2 Å². The number of unbranched alkanes of at least 4 members (excludes halogenated alkanes) is 1. The standard InChI is InChI=1S/C17H24N4/c1-5-6-11-21(4)16-9-10-18-17(20-16)19-15-8-7-13(2)14(3)12-15/h7-10,12H,5-6,11H2,1-4H3,(H,18,19,20). The molecule has 1 aromatic heterocycles. The number of nitrogens with zero attached hydrogens (tertiary/aromatic N) is 3. The van der Waals surface area contributed by atoms with Crippen molar-refractivity contribution in [1.82, 2.24) is 9.97 Å². The molecule has 1 N–H and O–H groups in total. The molecule has 0 radical (unpaired) electrons. The summed E-state index contributed by atoms with van der Waals surface area (Å²) in [6, 6.07) is 8.22. The lowest BCUT2D eigenvalue weighted by molar-refractivity contribution is 0.759. The maximum atomic E-state index is 4.58. The lowest BCUT2D eigenvalue weighted by Crippen LogP contribution is -2.19. The first-order valence-electron chi connectivity index (χ1n) is 7.48. The smallest absolute Gasteiger partial charge is 0.229 e. The van der Waals surface area contributed by atoms with Crippen molar-refractivity contribution in [2.24, 2.45) is 0 Å². The number of aryl methyl sites for hydroxylation is 2. The number of aromatic nitrogens is 2. The molecule has 2 rings (SSSR count). The van der Waals surface area contributed by atoms with Crippen LogP contribution in [-0.4, -0.2) is 23.6 Å². The van der Waals surface area contributed by atoms with Crippen LogP contribution < -0.4 is 10.2 Å². The molecular weight excluding hydrogens is 260 g/mol. The molecule has 0 aliphatic heterocycles. The average molecular weight is 284 g/mol. The van der Waals surface area contributed by atoms with Crippen molar-refractivity contribution < 1.29 is 0 Å². The molecule has 0 bridgehead atoms. The van der Waals surface area contributed by atoms with Gasteiger partial charge in [0.25, 0.3) is 0 Å². The summed E-state index contributed by atoms with van der Waals surface area (Å²) in [4.78, 5) is 11.0. The van der Waals surface area contributed by atoms with E-state index in [1.807, 2.05) is 6.07 Å². The van der Waals surface area contributed by atoms with E-state index in [4.69, 9.17) is 0 Å². The molecule has 1 heterocycles. The second-order valence-electron chi connectivity index (χ2n) is 5.44. The van der Waals surface area contributed by atoms with Crippen molar-refractivity contribution in [2.75, 3.05) is 23.8 Å². The van der Waals surface area contributed by atoms with Crippen molar-refractivity contribution in [3.8, 4) is 0 Å². The van der Waals surface area contributed by atoms with E-state index in [-0.39, 0.29) is 0 Å². The van der Waals surface area contributed by atoms with Gasteiger partial charge in [0.05, 0.1) is 0 Å². The highest BCUT2D eigenvalue weighted by Crippen LogP contribution is 2.18. The number of hydrogen-bond donors (Lipinski definition) is 1. The van der Waals surface area contributed by atoms with Gasteiger partial charge in [-0.1, -0.05) is 19.4 Å². The van der Waals surface area contributed by atoms with Gasteiger partial charge in [-0.3, -0.25) is 0 Å². The second-order valence-corrected chi connectivity index (χ2v) is 5.44. The molecule has 0 aliphatic rings. The van der Waals surface area contributed by atoms with Crippen molar-refractivity contribution >= 4 is 17.5 Å². The van der Waals surface area contributed by atoms with Gasteiger partial charge in [0.1, 0.15) is 5.82 Å². The fraction of sp³-hybridized carbons (Fsp3) is 0.412. The first kappa shape index (κ1) is 15.3. The lowest BCUT2D eigenvalue weighted by atomic mass is 10.1. The van der Waals surface area contributed by atoms with Crippen LogP contribution in [-0.2, 0) is 0 Å². The Morgan fingerprint density at radius 2 is 1.95 bits per heavy atom. The van der Waals surface area contributed by atoms with Crippen LogP contribution in [0.25, 0.3) is 0 Å². The van der Waals surface area contributed by atoms with Crippen LogP contribution in [0.4, 0.5) is 17.5 Å². The summed E-state index contributed by atoms with van der Waals surface area (Å²) >= 11 is 0. The zero-order valence-electron chi connectivity index (χ0n) is 13.3. The number of anilines is 3. The molecule has 4 heteroatoms. The highest BCUT2D eigenvalue weighted by molar-refractivity contribution is 5.57. The van der Waals surface area contributed by atoms with E-state index in [1.165, 1.54) is 24.0 Å². The Balaban J connectivity index is 2.11. The molecule has 0 aliphatic carbocycles. The molecule has 0 spiro atoms. The van der Waals surface area contributed by atoms with Gasteiger partial charge in [0.2, 0.25) is 5.95 Å². The van der Waals surface area contributed by atoms with Gasteiger partial charge in [-0.25, -0.2) is 4.98 Å². The third-order valence-electron chi connectivity index (χ3n) is 3.64. The Hall–Kier alpha value is -2.10. The molecule has 21 heavy (non-hydrogen) atoms. The van der Waals surface area contributed by atoms with Crippen molar-refractivity contribution in [1.29, 1.82) is 0 Å². The maximum Gasteiger partial charge on any atom is 0.229 e. The zero-order chi connectivity index (χ0) is 15.2. The molecule has 1 aromatic carbocycles. The van der Waals surface area contributed by atoms with Crippen LogP contribution in [0.1, 0.15) is 30.9 Å². The Bertz CT molecular complexity index is 595. The summed E-state index contributed by atoms with van der Waals surface area (Å²) in [6.45, 7) is 7.42. The summed E-state index contributed by atoms with van der Waals surface area (Å²) in [5, 5.41) is 3.27. The first-order valence-corrected chi connectivity index (χ1v) is 7.48. The van der Waals surface area contributed by atoms with Gasteiger partial charge < -0.3 is 10.2 Å². The summed E-state index contributed by atoms with van der Waals surface area (Å²) in [5.41, 5.74) is 3.57. The van der Waals surface area contributed by atoms with Crippen molar-refractivity contribution in [3.63, 3.8) is 0 Å². The molecule has 0 saturated heterocycles. The first-order chi connectivity index (χ1) is 10.1. The molecule has 0 unspecified atom stereocenters. The van der Waals surface area contributed by atoms with Crippen LogP contribution in [0.2, 0.25) is 0 Å². The van der Waals surface area contributed by atoms with E-state index in [0.717, 1.165) is 18.1 Å². The number of hydrogen-bond acceptors (Lipinski definition) is 4. The van der Waals surface area contributed by atoms with Crippen LogP contribution >= 0.6 is 0 Å². The van der Waals surface area contributed by atoms with Crippen molar-refractivity contribution in [2.45, 2.75) is 33.6 Å². The van der Waals surface area contributed by atoms with Gasteiger partial charge >= 0.3 is 0 Å². The third kappa shape index (κ3) is 4.18. The van der Waals surface area contributed by atoms with Crippen molar-refractivity contribution in [3.05, 3.63) is 41.6 Å². The fourth-order valence-electron chi connectivity index (χ4n) is 2.08. The summed E-state index contributed by atoms with van der Waals surface area (Å²) < 4.78 is 0. The Morgan fingerprint density at radius 3 is 2.67 bits per heavy atom. The van der Waals surface area contributed by atoms with Gasteiger partial charge in [-0.15, -0.1) is 0 Å². The van der Waals surface area contributed by atoms with Gasteiger partial charge in [-0.2, -0.15) is 4.98 Å². The Morgan fingerprint density at radius 1 is 1.14 bits per heavy atom. The van der Waals surface area contributed by atoms with Crippen LogP contribution in [0.3, 0.4) is 0 Å². The Kier molecular flexibility index (Phi) is 5.14. The van der Waals surface area contributed by atoms with E-state index in [1.54, 1.807) is 6.20 Å². The summed E-state index contributed by atoms with van der Waals surface area (Å²) in [7, 11) is 2.07. The maximum absolute atomic E-state index is 4.58. The Labute approximate surface area is 127 Å². The summed E-state index contributed by atoms with van der Waals surface area (Å²) in [6.07, 6.45) is 4.15. The molecule has 0 saturated carbocycles. The highest BCUT2D eigenvalue weighted by atomic mass is 15.2. The SMILES string of the molecule is CCCCN(C)c1ccnc(Nc2ccc(C)c(C)c2)n1. The molecule has 0 fully saturated rings. The number of benzene rings is 1. The number of rotatable bonds is 6. The van der Waals surface area contributed by atoms with E-state index in [0.29, 0.717) is 5.95 Å². The average Bonchev–Trinajstić information content (AvgIpc) is 2.49. The topological polar surface area (TPSA) is 41.1 Å². The van der Waals surface area contributed by atoms with Crippen LogP contribution in [0.15, 0.2) is 30.5 Å². The normalized spacial score (nSPS) is 10.5. The molecular formula is C17H24N4. The minimum atomic E-state index is 0.638. The minimum absolute atomic E-state index is 0.638. The highest BCUT2D eigenvalue weighted by Gasteiger charge is 2.05. The van der Waals surface area contributed by atoms with E-state index in [9.17, 15) is 0 Å². The van der Waals surface area contributed by atoms with Gasteiger partial charge in [-0.05, 0) is 49.6 Å².